The number of amidine groups is 1. The maximum atomic E-state index is 8.16. The van der Waals surface area contributed by atoms with Crippen molar-refractivity contribution in [3.05, 3.63) is 30.1 Å². The number of rotatable bonds is 2. The Morgan fingerprint density at radius 3 is 2.78 bits per heavy atom. The molecule has 0 saturated carbocycles. The van der Waals surface area contributed by atoms with E-state index in [1.54, 1.807) is 0 Å². The van der Waals surface area contributed by atoms with E-state index in [2.05, 4.69) is 14.9 Å². The van der Waals surface area contributed by atoms with Gasteiger partial charge in [-0.05, 0) is 31.4 Å². The van der Waals surface area contributed by atoms with Gasteiger partial charge in [0.15, 0.2) is 0 Å². The van der Waals surface area contributed by atoms with E-state index in [4.69, 9.17) is 5.41 Å². The highest BCUT2D eigenvalue weighted by Gasteiger charge is 2.15. The summed E-state index contributed by atoms with van der Waals surface area (Å²) in [7, 11) is 0. The Labute approximate surface area is 107 Å². The lowest BCUT2D eigenvalue weighted by atomic mass is 10.1. The van der Waals surface area contributed by atoms with E-state index in [1.807, 2.05) is 24.3 Å². The Hall–Kier alpha value is -1.84. The van der Waals surface area contributed by atoms with Crippen LogP contribution in [0, 0.1) is 5.41 Å². The smallest absolute Gasteiger partial charge is 0.114 e. The Bertz CT molecular complexity index is 519. The van der Waals surface area contributed by atoms with Crippen LogP contribution in [0.1, 0.15) is 25.1 Å². The maximum absolute atomic E-state index is 8.16. The van der Waals surface area contributed by atoms with Crippen molar-refractivity contribution in [2.75, 3.05) is 13.1 Å². The summed E-state index contributed by atoms with van der Waals surface area (Å²) in [5.41, 5.74) is 2.04. The number of fused-ring (bicyclic) bond motifs is 1. The van der Waals surface area contributed by atoms with Crippen molar-refractivity contribution in [3.63, 3.8) is 0 Å². The fourth-order valence-electron chi connectivity index (χ4n) is 2.52. The van der Waals surface area contributed by atoms with Gasteiger partial charge >= 0.3 is 0 Å². The number of para-hydroxylation sites is 2. The predicted molar refractivity (Wildman–Crippen MR) is 72.9 cm³/mol. The first-order valence-corrected chi connectivity index (χ1v) is 6.59. The minimum Gasteiger partial charge on any atom is -0.360 e. The third kappa shape index (κ3) is 2.23. The van der Waals surface area contributed by atoms with Crippen molar-refractivity contribution in [2.45, 2.75) is 25.7 Å². The number of nitrogens with zero attached hydrogens (tertiary/aromatic N) is 2. The van der Waals surface area contributed by atoms with Gasteiger partial charge in [0.25, 0.3) is 0 Å². The number of hydrogen-bond donors (Lipinski definition) is 2. The highest BCUT2D eigenvalue weighted by atomic mass is 15.2. The van der Waals surface area contributed by atoms with Gasteiger partial charge in [0.2, 0.25) is 0 Å². The van der Waals surface area contributed by atoms with Gasteiger partial charge in [-0.2, -0.15) is 0 Å². The first-order chi connectivity index (χ1) is 8.83. The van der Waals surface area contributed by atoms with Crippen LogP contribution in [0.2, 0.25) is 0 Å². The number of H-pyrrole nitrogens is 1. The van der Waals surface area contributed by atoms with Crippen LogP contribution >= 0.6 is 0 Å². The molecule has 3 rings (SSSR count). The van der Waals surface area contributed by atoms with Crippen molar-refractivity contribution in [3.8, 4) is 0 Å². The number of aromatic nitrogens is 2. The Kier molecular flexibility index (Phi) is 3.00. The van der Waals surface area contributed by atoms with Gasteiger partial charge in [0, 0.05) is 13.1 Å². The lowest BCUT2D eigenvalue weighted by molar-refractivity contribution is 0.336. The van der Waals surface area contributed by atoms with E-state index in [1.165, 1.54) is 19.3 Å². The molecule has 1 fully saturated rings. The van der Waals surface area contributed by atoms with Crippen LogP contribution in [-0.2, 0) is 6.42 Å². The molecule has 1 aliphatic heterocycles. The van der Waals surface area contributed by atoms with Gasteiger partial charge in [-0.25, -0.2) is 4.98 Å². The molecule has 4 nitrogen and oxygen atoms in total. The van der Waals surface area contributed by atoms with Crippen LogP contribution in [0.4, 0.5) is 0 Å². The fraction of sp³-hybridized carbons (Fsp3) is 0.429. The quantitative estimate of drug-likeness (QED) is 0.628. The lowest BCUT2D eigenvalue weighted by Gasteiger charge is -2.28. The molecule has 1 saturated heterocycles. The van der Waals surface area contributed by atoms with E-state index in [0.29, 0.717) is 12.3 Å². The second-order valence-corrected chi connectivity index (χ2v) is 4.87. The topological polar surface area (TPSA) is 55.8 Å². The average Bonchev–Trinajstić information content (AvgIpc) is 2.82. The molecule has 4 heteroatoms. The molecule has 1 aliphatic rings. The summed E-state index contributed by atoms with van der Waals surface area (Å²) in [4.78, 5) is 9.99. The van der Waals surface area contributed by atoms with E-state index < -0.39 is 0 Å². The third-order valence-electron chi connectivity index (χ3n) is 3.51. The largest absolute Gasteiger partial charge is 0.360 e. The summed E-state index contributed by atoms with van der Waals surface area (Å²) >= 11 is 0. The van der Waals surface area contributed by atoms with Crippen LogP contribution in [0.3, 0.4) is 0 Å². The Morgan fingerprint density at radius 2 is 2.00 bits per heavy atom. The standard InChI is InChI=1S/C14H18N4/c15-13(18-8-4-1-5-9-18)10-14-16-11-6-2-3-7-12(11)17-14/h2-3,6-7,15H,1,4-5,8-10H2,(H,16,17). The molecule has 18 heavy (non-hydrogen) atoms. The normalized spacial score (nSPS) is 16.1. The predicted octanol–water partition coefficient (Wildman–Crippen LogP) is 2.57. The van der Waals surface area contributed by atoms with Crippen molar-refractivity contribution >= 4 is 16.9 Å². The Balaban J connectivity index is 1.73. The zero-order valence-electron chi connectivity index (χ0n) is 10.4. The average molecular weight is 242 g/mol. The number of benzene rings is 1. The molecule has 0 atom stereocenters. The molecular weight excluding hydrogens is 224 g/mol. The number of imidazole rings is 1. The van der Waals surface area contributed by atoms with Crippen LogP contribution in [0.15, 0.2) is 24.3 Å². The minimum atomic E-state index is 0.606. The first-order valence-electron chi connectivity index (χ1n) is 6.59. The van der Waals surface area contributed by atoms with Gasteiger partial charge in [-0.15, -0.1) is 0 Å². The molecule has 94 valence electrons. The molecule has 0 aliphatic carbocycles. The van der Waals surface area contributed by atoms with Crippen LogP contribution in [-0.4, -0.2) is 33.8 Å². The highest BCUT2D eigenvalue weighted by Crippen LogP contribution is 2.13. The molecule has 0 bridgehead atoms. The summed E-state index contributed by atoms with van der Waals surface area (Å²) in [6.45, 7) is 2.05. The van der Waals surface area contributed by atoms with E-state index in [0.717, 1.165) is 29.9 Å². The highest BCUT2D eigenvalue weighted by molar-refractivity contribution is 5.82. The molecule has 1 aromatic heterocycles. The maximum Gasteiger partial charge on any atom is 0.114 e. The van der Waals surface area contributed by atoms with Gasteiger partial charge in [-0.3, -0.25) is 5.41 Å². The van der Waals surface area contributed by atoms with Crippen molar-refractivity contribution in [1.82, 2.24) is 14.9 Å². The van der Waals surface area contributed by atoms with E-state index in [9.17, 15) is 0 Å². The van der Waals surface area contributed by atoms with Crippen LogP contribution < -0.4 is 0 Å². The van der Waals surface area contributed by atoms with Gasteiger partial charge in [0.05, 0.1) is 17.5 Å². The lowest BCUT2D eigenvalue weighted by Crippen LogP contribution is -2.36. The SMILES string of the molecule is N=C(Cc1nc2ccccc2[nH]1)N1CCCCC1. The molecular formula is C14H18N4. The summed E-state index contributed by atoms with van der Waals surface area (Å²) in [6, 6.07) is 8.01. The first kappa shape index (κ1) is 11.3. The molecule has 0 radical (unpaired) electrons. The number of hydrogen-bond acceptors (Lipinski definition) is 2. The summed E-state index contributed by atoms with van der Waals surface area (Å²) in [5.74, 6) is 1.58. The molecule has 2 aromatic rings. The van der Waals surface area contributed by atoms with Gasteiger partial charge < -0.3 is 9.88 Å². The fourth-order valence-corrected chi connectivity index (χ4v) is 2.52. The molecule has 0 spiro atoms. The zero-order valence-corrected chi connectivity index (χ0v) is 10.4. The number of piperidine rings is 1. The molecule has 2 N–H and O–H groups in total. The van der Waals surface area contributed by atoms with Gasteiger partial charge in [0.1, 0.15) is 11.7 Å². The van der Waals surface area contributed by atoms with Crippen LogP contribution in [0.5, 0.6) is 0 Å². The zero-order chi connectivity index (χ0) is 12.4. The van der Waals surface area contributed by atoms with Gasteiger partial charge in [-0.1, -0.05) is 12.1 Å². The summed E-state index contributed by atoms with van der Waals surface area (Å²) < 4.78 is 0. The molecule has 1 aromatic carbocycles. The molecule has 2 heterocycles. The second kappa shape index (κ2) is 4.80. The second-order valence-electron chi connectivity index (χ2n) is 4.87. The van der Waals surface area contributed by atoms with Crippen molar-refractivity contribution < 1.29 is 0 Å². The third-order valence-corrected chi connectivity index (χ3v) is 3.51. The summed E-state index contributed by atoms with van der Waals surface area (Å²) in [6.07, 6.45) is 4.33. The number of likely N-dealkylation sites (tertiary alicyclic amines) is 1. The van der Waals surface area contributed by atoms with Crippen molar-refractivity contribution in [2.24, 2.45) is 0 Å². The van der Waals surface area contributed by atoms with Crippen molar-refractivity contribution in [1.29, 1.82) is 5.41 Å². The summed E-state index contributed by atoms with van der Waals surface area (Å²) in [5, 5.41) is 8.16. The van der Waals surface area contributed by atoms with E-state index >= 15 is 0 Å². The van der Waals surface area contributed by atoms with E-state index in [-0.39, 0.29) is 0 Å². The Morgan fingerprint density at radius 1 is 1.22 bits per heavy atom. The number of nitrogens with one attached hydrogen (secondary N) is 2. The molecule has 0 unspecified atom stereocenters. The van der Waals surface area contributed by atoms with Crippen LogP contribution in [0.25, 0.3) is 11.0 Å². The monoisotopic (exact) mass is 242 g/mol. The molecule has 0 amide bonds. The minimum absolute atomic E-state index is 0.606. The number of aromatic amines is 1.